The number of carbonyl (C=O) groups is 1. The first-order chi connectivity index (χ1) is 12.7. The summed E-state index contributed by atoms with van der Waals surface area (Å²) in [6.45, 7) is 8.39. The number of nitrogens with zero attached hydrogens (tertiary/aromatic N) is 1. The number of amides is 1. The van der Waals surface area contributed by atoms with Crippen LogP contribution < -0.4 is 4.72 Å². The molecule has 0 atom stereocenters. The number of benzene rings is 1. The van der Waals surface area contributed by atoms with Crippen molar-refractivity contribution in [2.45, 2.75) is 57.4 Å². The molecule has 1 aliphatic heterocycles. The van der Waals surface area contributed by atoms with E-state index in [4.69, 9.17) is 4.74 Å². The molecule has 0 bridgehead atoms. The normalized spacial score (nSPS) is 26.8. The minimum atomic E-state index is -3.54. The first kappa shape index (κ1) is 20.3. The largest absolute Gasteiger partial charge is 0.378 e. The molecule has 2 fully saturated rings. The number of carbonyl (C=O) groups excluding carboxylic acids is 1. The molecule has 1 aliphatic carbocycles. The fourth-order valence-electron chi connectivity index (χ4n) is 3.90. The molecule has 150 valence electrons. The van der Waals surface area contributed by atoms with Gasteiger partial charge in [-0.3, -0.25) is 4.79 Å². The third kappa shape index (κ3) is 4.52. The van der Waals surface area contributed by atoms with E-state index in [-0.39, 0.29) is 11.9 Å². The maximum Gasteiger partial charge on any atom is 0.240 e. The smallest absolute Gasteiger partial charge is 0.240 e. The number of hydrogen-bond donors (Lipinski definition) is 1. The maximum atomic E-state index is 12.9. The van der Waals surface area contributed by atoms with Gasteiger partial charge in [0, 0.05) is 24.5 Å². The lowest BCUT2D eigenvalue weighted by molar-refractivity contribution is -0.147. The molecular formula is C20H30N2O4S. The van der Waals surface area contributed by atoms with Gasteiger partial charge < -0.3 is 9.64 Å². The number of ether oxygens (including phenoxy) is 1. The molecule has 0 radical (unpaired) electrons. The molecule has 2 aliphatic rings. The Labute approximate surface area is 162 Å². The van der Waals surface area contributed by atoms with Gasteiger partial charge in [0.05, 0.1) is 18.1 Å². The highest BCUT2D eigenvalue weighted by atomic mass is 32.2. The van der Waals surface area contributed by atoms with E-state index in [1.807, 2.05) is 31.7 Å². The van der Waals surface area contributed by atoms with Crippen LogP contribution in [-0.4, -0.2) is 51.6 Å². The summed E-state index contributed by atoms with van der Waals surface area (Å²) >= 11 is 0. The van der Waals surface area contributed by atoms with Gasteiger partial charge in [0.15, 0.2) is 0 Å². The monoisotopic (exact) mass is 394 g/mol. The quantitative estimate of drug-likeness (QED) is 0.851. The van der Waals surface area contributed by atoms with E-state index < -0.39 is 15.4 Å². The molecule has 6 nitrogen and oxygen atoms in total. The second kappa shape index (κ2) is 7.89. The first-order valence-electron chi connectivity index (χ1n) is 9.68. The van der Waals surface area contributed by atoms with E-state index in [9.17, 15) is 13.2 Å². The molecule has 1 heterocycles. The third-order valence-electron chi connectivity index (χ3n) is 6.01. The molecule has 3 rings (SSSR count). The summed E-state index contributed by atoms with van der Waals surface area (Å²) < 4.78 is 33.6. The summed E-state index contributed by atoms with van der Waals surface area (Å²) in [5.74, 6) is 0.182. The van der Waals surface area contributed by atoms with Crippen LogP contribution in [0.1, 0.15) is 43.7 Å². The number of nitrogens with one attached hydrogen (secondary N) is 1. The van der Waals surface area contributed by atoms with E-state index in [0.717, 1.165) is 11.1 Å². The van der Waals surface area contributed by atoms with Crippen molar-refractivity contribution in [2.75, 3.05) is 26.3 Å². The molecule has 27 heavy (non-hydrogen) atoms. The van der Waals surface area contributed by atoms with Gasteiger partial charge in [-0.05, 0) is 62.8 Å². The minimum Gasteiger partial charge on any atom is -0.378 e. The van der Waals surface area contributed by atoms with E-state index >= 15 is 0 Å². The van der Waals surface area contributed by atoms with Crippen LogP contribution in [0.5, 0.6) is 0 Å². The van der Waals surface area contributed by atoms with Crippen molar-refractivity contribution in [1.29, 1.82) is 0 Å². The van der Waals surface area contributed by atoms with Gasteiger partial charge in [-0.2, -0.15) is 0 Å². The van der Waals surface area contributed by atoms with Crippen LogP contribution in [0, 0.1) is 19.3 Å². The van der Waals surface area contributed by atoms with Crippen LogP contribution in [0.15, 0.2) is 23.1 Å². The van der Waals surface area contributed by atoms with Gasteiger partial charge in [0.2, 0.25) is 15.9 Å². The van der Waals surface area contributed by atoms with Crippen molar-refractivity contribution in [3.63, 3.8) is 0 Å². The highest BCUT2D eigenvalue weighted by molar-refractivity contribution is 7.89. The van der Waals surface area contributed by atoms with Gasteiger partial charge in [-0.1, -0.05) is 13.0 Å². The van der Waals surface area contributed by atoms with Crippen molar-refractivity contribution in [3.8, 4) is 0 Å². The zero-order valence-electron chi connectivity index (χ0n) is 16.5. The first-order valence-corrected chi connectivity index (χ1v) is 11.2. The van der Waals surface area contributed by atoms with Gasteiger partial charge >= 0.3 is 0 Å². The van der Waals surface area contributed by atoms with Crippen LogP contribution in [-0.2, 0) is 19.6 Å². The number of aryl methyl sites for hydroxylation is 2. The molecule has 1 amide bonds. The Kier molecular flexibility index (Phi) is 5.93. The molecule has 1 N–H and O–H groups in total. The number of hydrogen-bond acceptors (Lipinski definition) is 4. The average Bonchev–Trinajstić information content (AvgIpc) is 2.66. The number of morpholine rings is 1. The molecule has 1 saturated heterocycles. The Bertz CT molecular complexity index is 792. The summed E-state index contributed by atoms with van der Waals surface area (Å²) in [5.41, 5.74) is 1.63. The summed E-state index contributed by atoms with van der Waals surface area (Å²) in [6.07, 6.45) is 2.75. The summed E-state index contributed by atoms with van der Waals surface area (Å²) in [5, 5.41) is 0. The minimum absolute atomic E-state index is 0.123. The lowest BCUT2D eigenvalue weighted by Gasteiger charge is -2.40. The Hall–Kier alpha value is -1.44. The van der Waals surface area contributed by atoms with Crippen molar-refractivity contribution >= 4 is 15.9 Å². The van der Waals surface area contributed by atoms with E-state index in [2.05, 4.69) is 4.72 Å². The number of sulfonamides is 1. The molecule has 0 aromatic heterocycles. The molecule has 0 unspecified atom stereocenters. The fourth-order valence-corrected chi connectivity index (χ4v) is 5.29. The van der Waals surface area contributed by atoms with Crippen LogP contribution in [0.3, 0.4) is 0 Å². The second-order valence-corrected chi connectivity index (χ2v) is 9.82. The summed E-state index contributed by atoms with van der Waals surface area (Å²) in [4.78, 5) is 15.1. The third-order valence-corrected chi connectivity index (χ3v) is 7.53. The fraction of sp³-hybridized carbons (Fsp3) is 0.650. The zero-order valence-corrected chi connectivity index (χ0v) is 17.3. The lowest BCUT2D eigenvalue weighted by Crippen LogP contribution is -2.50. The molecule has 0 spiro atoms. The molecule has 1 saturated carbocycles. The van der Waals surface area contributed by atoms with Crippen molar-refractivity contribution in [1.82, 2.24) is 9.62 Å². The topological polar surface area (TPSA) is 75.7 Å². The predicted octanol–water partition coefficient (Wildman–Crippen LogP) is 2.39. The molecule has 1 aromatic carbocycles. The maximum absolute atomic E-state index is 12.9. The van der Waals surface area contributed by atoms with Gasteiger partial charge in [0.1, 0.15) is 0 Å². The van der Waals surface area contributed by atoms with Crippen molar-refractivity contribution < 1.29 is 17.9 Å². The molecule has 1 aromatic rings. The Morgan fingerprint density at radius 3 is 2.37 bits per heavy atom. The van der Waals surface area contributed by atoms with Gasteiger partial charge in [-0.25, -0.2) is 13.1 Å². The van der Waals surface area contributed by atoms with Gasteiger partial charge in [0.25, 0.3) is 0 Å². The van der Waals surface area contributed by atoms with Crippen LogP contribution in [0.4, 0.5) is 0 Å². The average molecular weight is 395 g/mol. The zero-order chi connectivity index (χ0) is 19.7. The highest BCUT2D eigenvalue weighted by Gasteiger charge is 2.41. The predicted molar refractivity (Wildman–Crippen MR) is 104 cm³/mol. The van der Waals surface area contributed by atoms with Gasteiger partial charge in [-0.15, -0.1) is 0 Å². The van der Waals surface area contributed by atoms with Crippen molar-refractivity contribution in [3.05, 3.63) is 29.3 Å². The van der Waals surface area contributed by atoms with E-state index in [0.29, 0.717) is 56.9 Å². The van der Waals surface area contributed by atoms with Crippen LogP contribution in [0.2, 0.25) is 0 Å². The Morgan fingerprint density at radius 2 is 1.78 bits per heavy atom. The van der Waals surface area contributed by atoms with E-state index in [1.54, 1.807) is 12.1 Å². The van der Waals surface area contributed by atoms with Crippen molar-refractivity contribution in [2.24, 2.45) is 5.41 Å². The standard InChI is InChI=1S/C20H30N2O4S/c1-15-4-5-18(14-16(15)2)27(24,25)21-17-6-8-20(3,9-7-17)19(23)22-10-12-26-13-11-22/h4-5,14,17,21H,6-13H2,1-3H3. The van der Waals surface area contributed by atoms with Crippen LogP contribution >= 0.6 is 0 Å². The summed E-state index contributed by atoms with van der Waals surface area (Å²) in [6, 6.07) is 5.08. The second-order valence-electron chi connectivity index (χ2n) is 8.11. The van der Waals surface area contributed by atoms with Crippen LogP contribution in [0.25, 0.3) is 0 Å². The Balaban J connectivity index is 1.61. The SMILES string of the molecule is Cc1ccc(S(=O)(=O)NC2CCC(C)(C(=O)N3CCOCC3)CC2)cc1C. The molecular weight excluding hydrogens is 364 g/mol. The molecule has 7 heteroatoms. The number of rotatable bonds is 4. The van der Waals surface area contributed by atoms with E-state index in [1.165, 1.54) is 0 Å². The highest BCUT2D eigenvalue weighted by Crippen LogP contribution is 2.38. The lowest BCUT2D eigenvalue weighted by atomic mass is 9.73. The Morgan fingerprint density at radius 1 is 1.15 bits per heavy atom. The summed E-state index contributed by atoms with van der Waals surface area (Å²) in [7, 11) is -3.54.